The third kappa shape index (κ3) is 63.6. The zero-order valence-electron chi connectivity index (χ0n) is 52.5. The Morgan fingerprint density at radius 1 is 0.351 bits per heavy atom. The molecule has 0 aliphatic heterocycles. The number of allylic oxidation sites excluding steroid dienone is 2. The molecule has 0 spiro atoms. The van der Waals surface area contributed by atoms with E-state index in [1.165, 1.54) is 334 Å². The molecule has 1 amide bonds. The fraction of sp³-hybridized carbons (Fsp3) is 0.944. The number of nitrogens with one attached hydrogen (secondary N) is 1. The molecule has 6 nitrogen and oxygen atoms in total. The van der Waals surface area contributed by atoms with Gasteiger partial charge in [-0.2, -0.15) is 0 Å². The van der Waals surface area contributed by atoms with Crippen molar-refractivity contribution in [2.45, 2.75) is 418 Å². The highest BCUT2D eigenvalue weighted by molar-refractivity contribution is 5.76. The van der Waals surface area contributed by atoms with Crippen LogP contribution >= 0.6 is 0 Å². The minimum Gasteiger partial charge on any atom is -0.466 e. The van der Waals surface area contributed by atoms with Gasteiger partial charge < -0.3 is 20.3 Å². The molecule has 0 radical (unpaired) electrons. The molecular weight excluding hydrogens is 947 g/mol. The Labute approximate surface area is 482 Å². The summed E-state index contributed by atoms with van der Waals surface area (Å²) in [4.78, 5) is 24.6. The quantitative estimate of drug-likeness (QED) is 0.0320. The zero-order valence-corrected chi connectivity index (χ0v) is 52.5. The summed E-state index contributed by atoms with van der Waals surface area (Å²) >= 11 is 0. The van der Waals surface area contributed by atoms with E-state index in [0.717, 1.165) is 38.5 Å². The zero-order chi connectivity index (χ0) is 55.7. The average Bonchev–Trinajstić information content (AvgIpc) is 3.43. The lowest BCUT2D eigenvalue weighted by molar-refractivity contribution is -0.143. The van der Waals surface area contributed by atoms with Gasteiger partial charge in [0.2, 0.25) is 5.91 Å². The van der Waals surface area contributed by atoms with Crippen molar-refractivity contribution in [3.8, 4) is 0 Å². The fourth-order valence-corrected chi connectivity index (χ4v) is 11.4. The molecule has 3 N–H and O–H groups in total. The molecule has 2 unspecified atom stereocenters. The first-order valence-corrected chi connectivity index (χ1v) is 35.4. The number of hydrogen-bond donors (Lipinski definition) is 3. The molecule has 0 aliphatic rings. The van der Waals surface area contributed by atoms with Crippen LogP contribution in [0.15, 0.2) is 12.2 Å². The van der Waals surface area contributed by atoms with Crippen molar-refractivity contribution in [1.29, 1.82) is 0 Å². The monoisotopic (exact) mass is 1090 g/mol. The molecule has 6 heteroatoms. The standard InChI is InChI=1S/C71H139NO5/c1-3-5-7-9-11-13-15-17-19-20-33-36-39-43-47-51-55-59-63-69(74)68(67-73)72-70(75)64-60-56-52-48-44-40-37-34-31-29-27-25-23-21-22-24-26-28-30-32-35-38-42-46-50-54-58-62-66-77-71(76)65-61-57-53-49-45-41-18-16-14-12-10-8-6-4-2/h21-22,68-69,73-74H,3-20,23-67H2,1-2H3,(H,72,75)/b22-21-. The highest BCUT2D eigenvalue weighted by Crippen LogP contribution is 2.19. The van der Waals surface area contributed by atoms with Crippen molar-refractivity contribution >= 4 is 11.9 Å². The number of amides is 1. The van der Waals surface area contributed by atoms with Gasteiger partial charge in [0.1, 0.15) is 0 Å². The van der Waals surface area contributed by atoms with E-state index in [0.29, 0.717) is 25.9 Å². The van der Waals surface area contributed by atoms with Crippen molar-refractivity contribution in [1.82, 2.24) is 5.32 Å². The summed E-state index contributed by atoms with van der Waals surface area (Å²) in [5, 5.41) is 23.4. The molecule has 0 aliphatic carbocycles. The minimum absolute atomic E-state index is 0.0191. The number of carbonyl (C=O) groups is 2. The highest BCUT2D eigenvalue weighted by atomic mass is 16.5. The van der Waals surface area contributed by atoms with Crippen LogP contribution in [0.4, 0.5) is 0 Å². The van der Waals surface area contributed by atoms with Gasteiger partial charge in [0.15, 0.2) is 0 Å². The molecule has 458 valence electrons. The molecule has 0 bridgehead atoms. The summed E-state index contributed by atoms with van der Waals surface area (Å²) in [5.41, 5.74) is 0. The first-order chi connectivity index (χ1) is 38.0. The lowest BCUT2D eigenvalue weighted by Crippen LogP contribution is -2.45. The molecule has 0 rings (SSSR count). The Bertz CT molecular complexity index is 1160. The van der Waals surface area contributed by atoms with Gasteiger partial charge in [-0.05, 0) is 51.4 Å². The summed E-state index contributed by atoms with van der Waals surface area (Å²) in [7, 11) is 0. The van der Waals surface area contributed by atoms with E-state index in [9.17, 15) is 19.8 Å². The Balaban J connectivity index is 3.36. The van der Waals surface area contributed by atoms with Crippen LogP contribution in [0.3, 0.4) is 0 Å². The van der Waals surface area contributed by atoms with Crippen molar-refractivity contribution in [2.75, 3.05) is 13.2 Å². The van der Waals surface area contributed by atoms with E-state index >= 15 is 0 Å². The molecule has 0 heterocycles. The predicted molar refractivity (Wildman–Crippen MR) is 338 cm³/mol. The summed E-state index contributed by atoms with van der Waals surface area (Å²) < 4.78 is 5.49. The molecule has 2 atom stereocenters. The number of rotatable bonds is 67. The first-order valence-electron chi connectivity index (χ1n) is 35.4. The molecule has 0 aromatic rings. The molecule has 0 saturated heterocycles. The average molecular weight is 1090 g/mol. The third-order valence-electron chi connectivity index (χ3n) is 16.8. The molecular formula is C71H139NO5. The van der Waals surface area contributed by atoms with Crippen molar-refractivity contribution in [2.24, 2.45) is 0 Å². The predicted octanol–water partition coefficient (Wildman–Crippen LogP) is 22.8. The SMILES string of the molecule is CCCCCCCCCCCCCCCCCCCCC(O)C(CO)NC(=O)CCCCCCCCCCCCCC/C=C\CCCCCCCCCCCCCCOC(=O)CCCCCCCCCCCCCCCC. The number of aliphatic hydroxyl groups is 2. The molecule has 0 saturated carbocycles. The summed E-state index contributed by atoms with van der Waals surface area (Å²) in [6, 6.07) is -0.541. The van der Waals surface area contributed by atoms with Crippen LogP contribution in [0.2, 0.25) is 0 Å². The van der Waals surface area contributed by atoms with Gasteiger partial charge in [0, 0.05) is 12.8 Å². The topological polar surface area (TPSA) is 95.9 Å². The number of hydrogen-bond acceptors (Lipinski definition) is 5. The Hall–Kier alpha value is -1.40. The number of carbonyl (C=O) groups excluding carboxylic acids is 2. The van der Waals surface area contributed by atoms with E-state index < -0.39 is 12.1 Å². The smallest absolute Gasteiger partial charge is 0.305 e. The van der Waals surface area contributed by atoms with Crippen LogP contribution in [0.25, 0.3) is 0 Å². The second-order valence-corrected chi connectivity index (χ2v) is 24.6. The summed E-state index contributed by atoms with van der Waals surface area (Å²) in [5.74, 6) is -0.0115. The van der Waals surface area contributed by atoms with E-state index in [1.54, 1.807) is 0 Å². The van der Waals surface area contributed by atoms with Gasteiger partial charge >= 0.3 is 5.97 Å². The van der Waals surface area contributed by atoms with Crippen LogP contribution < -0.4 is 5.32 Å². The van der Waals surface area contributed by atoms with Gasteiger partial charge in [-0.3, -0.25) is 9.59 Å². The van der Waals surface area contributed by atoms with Crippen LogP contribution in [-0.4, -0.2) is 47.4 Å². The van der Waals surface area contributed by atoms with Gasteiger partial charge in [-0.1, -0.05) is 353 Å². The van der Waals surface area contributed by atoms with Gasteiger partial charge in [-0.25, -0.2) is 0 Å². The van der Waals surface area contributed by atoms with Gasteiger partial charge in [-0.15, -0.1) is 0 Å². The third-order valence-corrected chi connectivity index (χ3v) is 16.8. The second-order valence-electron chi connectivity index (χ2n) is 24.6. The molecule has 0 aromatic carbocycles. The van der Waals surface area contributed by atoms with Crippen LogP contribution in [-0.2, 0) is 14.3 Å². The van der Waals surface area contributed by atoms with Crippen LogP contribution in [0, 0.1) is 0 Å². The number of unbranched alkanes of at least 4 members (excludes halogenated alkanes) is 54. The number of esters is 1. The van der Waals surface area contributed by atoms with Crippen molar-refractivity contribution < 1.29 is 24.5 Å². The number of ether oxygens (including phenoxy) is 1. The maximum Gasteiger partial charge on any atom is 0.305 e. The normalized spacial score (nSPS) is 12.5. The Morgan fingerprint density at radius 2 is 0.610 bits per heavy atom. The summed E-state index contributed by atoms with van der Waals surface area (Å²) in [6.45, 7) is 5.00. The molecule has 0 fully saturated rings. The molecule has 0 aromatic heterocycles. The molecule has 77 heavy (non-hydrogen) atoms. The van der Waals surface area contributed by atoms with E-state index in [4.69, 9.17) is 4.74 Å². The lowest BCUT2D eigenvalue weighted by atomic mass is 10.0. The van der Waals surface area contributed by atoms with Crippen molar-refractivity contribution in [3.63, 3.8) is 0 Å². The van der Waals surface area contributed by atoms with E-state index in [-0.39, 0.29) is 18.5 Å². The number of aliphatic hydroxyl groups excluding tert-OH is 2. The minimum atomic E-state index is -0.664. The first kappa shape index (κ1) is 75.6. The van der Waals surface area contributed by atoms with Gasteiger partial charge in [0.05, 0.1) is 25.4 Å². The van der Waals surface area contributed by atoms with Gasteiger partial charge in [0.25, 0.3) is 0 Å². The second kappa shape index (κ2) is 67.1. The van der Waals surface area contributed by atoms with E-state index in [1.807, 2.05) is 0 Å². The van der Waals surface area contributed by atoms with Crippen molar-refractivity contribution in [3.05, 3.63) is 12.2 Å². The highest BCUT2D eigenvalue weighted by Gasteiger charge is 2.20. The fourth-order valence-electron chi connectivity index (χ4n) is 11.4. The largest absolute Gasteiger partial charge is 0.466 e. The van der Waals surface area contributed by atoms with Crippen LogP contribution in [0.1, 0.15) is 406 Å². The summed E-state index contributed by atoms with van der Waals surface area (Å²) in [6.07, 6.45) is 82.6. The Morgan fingerprint density at radius 3 is 0.922 bits per heavy atom. The maximum atomic E-state index is 12.5. The Kier molecular flexibility index (Phi) is 65.9. The lowest BCUT2D eigenvalue weighted by Gasteiger charge is -2.22. The van der Waals surface area contributed by atoms with Crippen LogP contribution in [0.5, 0.6) is 0 Å². The van der Waals surface area contributed by atoms with E-state index in [2.05, 4.69) is 31.3 Å². The maximum absolute atomic E-state index is 12.5.